The van der Waals surface area contributed by atoms with Crippen LogP contribution in [0.5, 0.6) is 0 Å². The molecule has 102 valence electrons. The number of hydrogen-bond acceptors (Lipinski definition) is 1. The van der Waals surface area contributed by atoms with E-state index in [4.69, 9.17) is 0 Å². The summed E-state index contributed by atoms with van der Waals surface area (Å²) >= 11 is 0. The van der Waals surface area contributed by atoms with Gasteiger partial charge < -0.3 is 5.11 Å². The van der Waals surface area contributed by atoms with E-state index in [1.807, 2.05) is 48.6 Å². The van der Waals surface area contributed by atoms with E-state index < -0.39 is 6.10 Å². The molecule has 1 heteroatoms. The molecule has 0 saturated heterocycles. The van der Waals surface area contributed by atoms with Crippen LogP contribution < -0.4 is 0 Å². The zero-order valence-electron chi connectivity index (χ0n) is 11.6. The highest BCUT2D eigenvalue weighted by Gasteiger charge is 2.18. The maximum Gasteiger partial charge on any atom is 0.0861 e. The molecule has 2 atom stereocenters. The van der Waals surface area contributed by atoms with Crippen molar-refractivity contribution >= 4 is 10.8 Å². The molecule has 0 fully saturated rings. The summed E-state index contributed by atoms with van der Waals surface area (Å²) in [4.78, 5) is 0. The Morgan fingerprint density at radius 3 is 2.55 bits per heavy atom. The molecule has 2 aromatic carbocycles. The number of benzene rings is 2. The minimum Gasteiger partial charge on any atom is -0.388 e. The number of aliphatic hydroxyl groups is 1. The van der Waals surface area contributed by atoms with Crippen LogP contribution in [0.4, 0.5) is 0 Å². The number of hydrogen-bond donors (Lipinski definition) is 1. The van der Waals surface area contributed by atoms with Gasteiger partial charge in [0.05, 0.1) is 6.10 Å². The van der Waals surface area contributed by atoms with Crippen LogP contribution >= 0.6 is 0 Å². The van der Waals surface area contributed by atoms with Gasteiger partial charge >= 0.3 is 0 Å². The van der Waals surface area contributed by atoms with Crippen LogP contribution in [0, 0.1) is 5.92 Å². The van der Waals surface area contributed by atoms with Crippen molar-refractivity contribution in [1.82, 2.24) is 0 Å². The van der Waals surface area contributed by atoms with Gasteiger partial charge in [-0.1, -0.05) is 73.3 Å². The second kappa shape index (κ2) is 6.88. The van der Waals surface area contributed by atoms with Crippen LogP contribution in [0.1, 0.15) is 18.1 Å². The van der Waals surface area contributed by atoms with Crippen molar-refractivity contribution < 1.29 is 5.11 Å². The van der Waals surface area contributed by atoms with Gasteiger partial charge in [-0.3, -0.25) is 0 Å². The first-order chi connectivity index (χ1) is 9.77. The normalized spacial score (nSPS) is 14.2. The Kier molecular flexibility index (Phi) is 4.91. The average Bonchev–Trinajstić information content (AvgIpc) is 2.50. The Bertz CT molecular complexity index is 619. The van der Waals surface area contributed by atoms with Gasteiger partial charge in [0.15, 0.2) is 0 Å². The Balaban J connectivity index is 2.34. The highest BCUT2D eigenvalue weighted by Crippen LogP contribution is 2.31. The number of fused-ring (bicyclic) bond motifs is 1. The molecule has 1 nitrogen and oxygen atoms in total. The van der Waals surface area contributed by atoms with Crippen molar-refractivity contribution in [3.63, 3.8) is 0 Å². The van der Waals surface area contributed by atoms with E-state index in [0.29, 0.717) is 0 Å². The van der Waals surface area contributed by atoms with Crippen molar-refractivity contribution in [2.24, 2.45) is 5.92 Å². The molecule has 0 aromatic heterocycles. The topological polar surface area (TPSA) is 20.2 Å². The Hall–Kier alpha value is -2.12. The molecule has 0 saturated carbocycles. The molecule has 2 aromatic rings. The van der Waals surface area contributed by atoms with Crippen molar-refractivity contribution in [3.8, 4) is 0 Å². The number of rotatable bonds is 6. The van der Waals surface area contributed by atoms with Gasteiger partial charge in [-0.05, 0) is 22.8 Å². The second-order valence-electron chi connectivity index (χ2n) is 4.81. The minimum absolute atomic E-state index is 0.00277. The van der Waals surface area contributed by atoms with Crippen molar-refractivity contribution in [1.29, 1.82) is 0 Å². The van der Waals surface area contributed by atoms with Gasteiger partial charge in [0.25, 0.3) is 0 Å². The molecule has 0 aliphatic heterocycles. The van der Waals surface area contributed by atoms with Crippen molar-refractivity contribution in [3.05, 3.63) is 85.5 Å². The van der Waals surface area contributed by atoms with E-state index in [1.165, 1.54) is 0 Å². The zero-order valence-corrected chi connectivity index (χ0v) is 11.6. The summed E-state index contributed by atoms with van der Waals surface area (Å²) in [6.45, 7) is 7.50. The first-order valence-corrected chi connectivity index (χ1v) is 6.83. The summed E-state index contributed by atoms with van der Waals surface area (Å²) in [5.74, 6) is -0.00277. The lowest BCUT2D eigenvalue weighted by Crippen LogP contribution is -2.10. The predicted octanol–water partition coefficient (Wildman–Crippen LogP) is 4.81. The molecule has 20 heavy (non-hydrogen) atoms. The van der Waals surface area contributed by atoms with Crippen LogP contribution in [0.15, 0.2) is 79.9 Å². The first kappa shape index (κ1) is 14.3. The smallest absolute Gasteiger partial charge is 0.0861 e. The molecule has 0 aliphatic carbocycles. The Morgan fingerprint density at radius 2 is 1.80 bits per heavy atom. The lowest BCUT2D eigenvalue weighted by atomic mass is 9.90. The van der Waals surface area contributed by atoms with Crippen LogP contribution in [0.3, 0.4) is 0 Å². The van der Waals surface area contributed by atoms with Crippen LogP contribution in [-0.2, 0) is 0 Å². The summed E-state index contributed by atoms with van der Waals surface area (Å²) in [5.41, 5.74) is 0.958. The highest BCUT2D eigenvalue weighted by molar-refractivity contribution is 5.86. The van der Waals surface area contributed by atoms with Crippen LogP contribution in [0.2, 0.25) is 0 Å². The van der Waals surface area contributed by atoms with E-state index in [-0.39, 0.29) is 5.92 Å². The van der Waals surface area contributed by atoms with Crippen molar-refractivity contribution in [2.75, 3.05) is 0 Å². The zero-order chi connectivity index (χ0) is 14.4. The highest BCUT2D eigenvalue weighted by atomic mass is 16.3. The third-order valence-electron chi connectivity index (χ3n) is 3.53. The molecule has 0 amide bonds. The molecule has 0 aliphatic rings. The summed E-state index contributed by atoms with van der Waals surface area (Å²) in [6.07, 6.45) is 7.66. The SMILES string of the molecule is C=CC=CCC(C=C)C(O)c1cccc2ccccc12. The largest absolute Gasteiger partial charge is 0.388 e. The number of aliphatic hydroxyl groups excluding tert-OH is 1. The fourth-order valence-corrected chi connectivity index (χ4v) is 2.42. The Labute approximate surface area is 120 Å². The fraction of sp³-hybridized carbons (Fsp3) is 0.158. The van der Waals surface area contributed by atoms with Crippen molar-refractivity contribution in [2.45, 2.75) is 12.5 Å². The quantitative estimate of drug-likeness (QED) is 0.586. The average molecular weight is 264 g/mol. The lowest BCUT2D eigenvalue weighted by Gasteiger charge is -2.20. The summed E-state index contributed by atoms with van der Waals surface area (Å²) in [7, 11) is 0. The van der Waals surface area contributed by atoms with Gasteiger partial charge in [-0.25, -0.2) is 0 Å². The first-order valence-electron chi connectivity index (χ1n) is 6.83. The molecular formula is C19H20O. The van der Waals surface area contributed by atoms with E-state index in [0.717, 1.165) is 22.8 Å². The molecule has 0 spiro atoms. The second-order valence-corrected chi connectivity index (χ2v) is 4.81. The molecule has 0 radical (unpaired) electrons. The van der Waals surface area contributed by atoms with Crippen LogP contribution in [0.25, 0.3) is 10.8 Å². The third-order valence-corrected chi connectivity index (χ3v) is 3.53. The molecule has 2 unspecified atom stereocenters. The summed E-state index contributed by atoms with van der Waals surface area (Å²) in [6, 6.07) is 14.2. The molecule has 0 heterocycles. The van der Waals surface area contributed by atoms with E-state index in [1.54, 1.807) is 6.08 Å². The maximum absolute atomic E-state index is 10.6. The third kappa shape index (κ3) is 3.06. The van der Waals surface area contributed by atoms with Gasteiger partial charge in [-0.2, -0.15) is 0 Å². The van der Waals surface area contributed by atoms with Crippen LogP contribution in [-0.4, -0.2) is 5.11 Å². The van der Waals surface area contributed by atoms with Gasteiger partial charge in [0.2, 0.25) is 0 Å². The Morgan fingerprint density at radius 1 is 1.05 bits per heavy atom. The van der Waals surface area contributed by atoms with E-state index in [2.05, 4.69) is 25.3 Å². The maximum atomic E-state index is 10.6. The monoisotopic (exact) mass is 264 g/mol. The predicted molar refractivity (Wildman–Crippen MR) is 86.5 cm³/mol. The molecule has 1 N–H and O–H groups in total. The molecule has 2 rings (SSSR count). The van der Waals surface area contributed by atoms with Gasteiger partial charge in [0.1, 0.15) is 0 Å². The molecular weight excluding hydrogens is 244 g/mol. The van der Waals surface area contributed by atoms with Gasteiger partial charge in [-0.15, -0.1) is 6.58 Å². The molecule has 0 bridgehead atoms. The standard InChI is InChI=1S/C19H20O/c1-3-5-6-10-15(4-2)19(20)18-14-9-12-16-11-7-8-13-17(16)18/h3-9,11-15,19-20H,1-2,10H2. The lowest BCUT2D eigenvalue weighted by molar-refractivity contribution is 0.134. The summed E-state index contributed by atoms with van der Waals surface area (Å²) in [5, 5.41) is 12.9. The summed E-state index contributed by atoms with van der Waals surface area (Å²) < 4.78 is 0. The van der Waals surface area contributed by atoms with E-state index in [9.17, 15) is 5.11 Å². The van der Waals surface area contributed by atoms with Gasteiger partial charge in [0, 0.05) is 5.92 Å². The fourth-order valence-electron chi connectivity index (χ4n) is 2.42. The van der Waals surface area contributed by atoms with E-state index >= 15 is 0 Å². The minimum atomic E-state index is -0.548. The number of allylic oxidation sites excluding steroid dienone is 3.